The van der Waals surface area contributed by atoms with E-state index in [-0.39, 0.29) is 0 Å². The molecule has 2 N–H and O–H groups in total. The lowest BCUT2D eigenvalue weighted by Crippen LogP contribution is -2.08. The van der Waals surface area contributed by atoms with Crippen molar-refractivity contribution < 1.29 is 0 Å². The number of nitrogens with one attached hydrogen (secondary N) is 2. The van der Waals surface area contributed by atoms with Gasteiger partial charge >= 0.3 is 0 Å². The molecule has 0 aliphatic rings. The average Bonchev–Trinajstić information content (AvgIpc) is 2.74. The van der Waals surface area contributed by atoms with Crippen LogP contribution in [-0.4, -0.2) is 31.7 Å². The first-order chi connectivity index (χ1) is 7.36. The third kappa shape index (κ3) is 2.85. The Morgan fingerprint density at radius 1 is 1.33 bits per heavy atom. The molecule has 2 heterocycles. The molecule has 6 nitrogen and oxygen atoms in total. The van der Waals surface area contributed by atoms with Crippen LogP contribution in [0.2, 0.25) is 0 Å². The largest absolute Gasteiger partial charge is 0.369 e. The van der Waals surface area contributed by atoms with Gasteiger partial charge in [0.05, 0.1) is 3.57 Å². The van der Waals surface area contributed by atoms with Crippen molar-refractivity contribution in [3.8, 4) is 0 Å². The number of anilines is 1. The maximum Gasteiger partial charge on any atom is 0.142 e. The van der Waals surface area contributed by atoms with Crippen molar-refractivity contribution >= 4 is 28.4 Å². The highest BCUT2D eigenvalue weighted by atomic mass is 127. The molecule has 0 unspecified atom stereocenters. The van der Waals surface area contributed by atoms with E-state index in [0.717, 1.165) is 28.2 Å². The minimum Gasteiger partial charge on any atom is -0.369 e. The van der Waals surface area contributed by atoms with E-state index < -0.39 is 0 Å². The van der Waals surface area contributed by atoms with Gasteiger partial charge in [-0.2, -0.15) is 5.10 Å². The van der Waals surface area contributed by atoms with Gasteiger partial charge in [-0.1, -0.05) is 0 Å². The highest BCUT2D eigenvalue weighted by Gasteiger charge is 2.00. The van der Waals surface area contributed by atoms with Crippen LogP contribution in [0.15, 0.2) is 18.9 Å². The molecular weight excluding hydrogens is 307 g/mol. The first-order valence-corrected chi connectivity index (χ1v) is 5.48. The van der Waals surface area contributed by atoms with Crippen molar-refractivity contribution in [2.24, 2.45) is 0 Å². The fraction of sp³-hybridized carbons (Fsp3) is 0.250. The number of halogens is 1. The van der Waals surface area contributed by atoms with Crippen LogP contribution in [0.1, 0.15) is 5.82 Å². The van der Waals surface area contributed by atoms with Gasteiger partial charge in [0.1, 0.15) is 24.3 Å². The van der Waals surface area contributed by atoms with Crippen molar-refractivity contribution in [1.29, 1.82) is 0 Å². The summed E-state index contributed by atoms with van der Waals surface area (Å²) in [6.45, 7) is 0.766. The molecule has 0 atom stereocenters. The Kier molecular flexibility index (Phi) is 3.43. The van der Waals surface area contributed by atoms with Gasteiger partial charge in [0.25, 0.3) is 0 Å². The van der Waals surface area contributed by atoms with Gasteiger partial charge in [-0.25, -0.2) is 15.0 Å². The van der Waals surface area contributed by atoms with Gasteiger partial charge in [-0.3, -0.25) is 5.10 Å². The van der Waals surface area contributed by atoms with Crippen molar-refractivity contribution in [1.82, 2.24) is 25.1 Å². The minimum absolute atomic E-state index is 0.766. The minimum atomic E-state index is 0.766. The summed E-state index contributed by atoms with van der Waals surface area (Å²) >= 11 is 2.19. The summed E-state index contributed by atoms with van der Waals surface area (Å²) in [5.74, 6) is 1.72. The van der Waals surface area contributed by atoms with Gasteiger partial charge in [0.15, 0.2) is 0 Å². The molecule has 0 aliphatic carbocycles. The summed E-state index contributed by atoms with van der Waals surface area (Å²) in [5, 5.41) is 9.78. The van der Waals surface area contributed by atoms with Crippen LogP contribution in [0.4, 0.5) is 5.82 Å². The Morgan fingerprint density at radius 2 is 2.27 bits per heavy atom. The lowest BCUT2D eigenvalue weighted by atomic mass is 10.4. The zero-order valence-corrected chi connectivity index (χ0v) is 9.97. The Bertz CT molecular complexity index is 415. The van der Waals surface area contributed by atoms with Crippen molar-refractivity contribution in [3.63, 3.8) is 0 Å². The predicted octanol–water partition coefficient (Wildman–Crippen LogP) is 0.854. The number of hydrogen-bond donors (Lipinski definition) is 2. The molecule has 0 aliphatic heterocycles. The van der Waals surface area contributed by atoms with Crippen LogP contribution in [0.3, 0.4) is 0 Å². The third-order valence-electron chi connectivity index (χ3n) is 1.79. The predicted molar refractivity (Wildman–Crippen MR) is 63.3 cm³/mol. The maximum absolute atomic E-state index is 4.12. The van der Waals surface area contributed by atoms with Crippen LogP contribution in [-0.2, 0) is 6.42 Å². The molecule has 0 spiro atoms. The van der Waals surface area contributed by atoms with Crippen LogP contribution < -0.4 is 5.32 Å². The van der Waals surface area contributed by atoms with E-state index in [1.165, 1.54) is 12.7 Å². The molecule has 0 amide bonds. The Labute approximate surface area is 100 Å². The first-order valence-electron chi connectivity index (χ1n) is 4.40. The van der Waals surface area contributed by atoms with E-state index in [9.17, 15) is 0 Å². The van der Waals surface area contributed by atoms with Crippen molar-refractivity contribution in [2.45, 2.75) is 6.42 Å². The molecule has 78 valence electrons. The topological polar surface area (TPSA) is 79.4 Å². The zero-order chi connectivity index (χ0) is 10.5. The molecule has 2 rings (SSSR count). The molecule has 0 bridgehead atoms. The van der Waals surface area contributed by atoms with E-state index in [1.807, 2.05) is 0 Å². The van der Waals surface area contributed by atoms with E-state index in [0.29, 0.717) is 0 Å². The number of rotatable bonds is 4. The van der Waals surface area contributed by atoms with Gasteiger partial charge in [-0.05, 0) is 22.6 Å². The number of aromatic amines is 1. The van der Waals surface area contributed by atoms with Crippen molar-refractivity contribution in [2.75, 3.05) is 11.9 Å². The average molecular weight is 316 g/mol. The fourth-order valence-corrected chi connectivity index (χ4v) is 1.58. The summed E-state index contributed by atoms with van der Waals surface area (Å²) in [7, 11) is 0. The smallest absolute Gasteiger partial charge is 0.142 e. The van der Waals surface area contributed by atoms with Gasteiger partial charge in [-0.15, -0.1) is 0 Å². The second-order valence-electron chi connectivity index (χ2n) is 2.83. The summed E-state index contributed by atoms with van der Waals surface area (Å²) in [4.78, 5) is 12.1. The second kappa shape index (κ2) is 5.01. The van der Waals surface area contributed by atoms with Gasteiger partial charge < -0.3 is 5.32 Å². The lowest BCUT2D eigenvalue weighted by Gasteiger charge is -2.04. The highest BCUT2D eigenvalue weighted by molar-refractivity contribution is 14.1. The van der Waals surface area contributed by atoms with Crippen molar-refractivity contribution in [3.05, 3.63) is 28.2 Å². The SMILES string of the molecule is Ic1cncnc1NCCc1ncn[nH]1. The monoisotopic (exact) mass is 316 g/mol. The molecule has 0 saturated carbocycles. The normalized spacial score (nSPS) is 10.2. The number of H-pyrrole nitrogens is 1. The lowest BCUT2D eigenvalue weighted by molar-refractivity contribution is 0.895. The van der Waals surface area contributed by atoms with Gasteiger partial charge in [0, 0.05) is 19.2 Å². The third-order valence-corrected chi connectivity index (χ3v) is 2.58. The maximum atomic E-state index is 4.12. The molecular formula is C8H9IN6. The highest BCUT2D eigenvalue weighted by Crippen LogP contribution is 2.11. The first kappa shape index (κ1) is 10.3. The zero-order valence-electron chi connectivity index (χ0n) is 7.81. The molecule has 0 fully saturated rings. The van der Waals surface area contributed by atoms with E-state index in [1.54, 1.807) is 6.20 Å². The summed E-state index contributed by atoms with van der Waals surface area (Å²) < 4.78 is 1.01. The fourth-order valence-electron chi connectivity index (χ4n) is 1.09. The Balaban J connectivity index is 1.86. The van der Waals surface area contributed by atoms with Crippen LogP contribution in [0.25, 0.3) is 0 Å². The van der Waals surface area contributed by atoms with Gasteiger partial charge in [0.2, 0.25) is 0 Å². The molecule has 0 radical (unpaired) electrons. The van der Waals surface area contributed by atoms with Crippen LogP contribution >= 0.6 is 22.6 Å². The van der Waals surface area contributed by atoms with E-state index in [4.69, 9.17) is 0 Å². The second-order valence-corrected chi connectivity index (χ2v) is 3.99. The number of hydrogen-bond acceptors (Lipinski definition) is 5. The van der Waals surface area contributed by atoms with E-state index >= 15 is 0 Å². The van der Waals surface area contributed by atoms with Crippen LogP contribution in [0, 0.1) is 3.57 Å². The molecule has 0 saturated heterocycles. The molecule has 2 aromatic heterocycles. The number of nitrogens with zero attached hydrogens (tertiary/aromatic N) is 4. The molecule has 15 heavy (non-hydrogen) atoms. The summed E-state index contributed by atoms with van der Waals surface area (Å²) in [5.41, 5.74) is 0. The molecule has 7 heteroatoms. The molecule has 2 aromatic rings. The molecule has 0 aromatic carbocycles. The number of aromatic nitrogens is 5. The van der Waals surface area contributed by atoms with Crippen LogP contribution in [0.5, 0.6) is 0 Å². The summed E-state index contributed by atoms with van der Waals surface area (Å²) in [6.07, 6.45) is 5.59. The standard InChI is InChI=1S/C8H9IN6/c9-6-3-10-4-13-8(6)11-2-1-7-12-5-14-15-7/h3-5H,1-2H2,(H,10,11,13)(H,12,14,15). The van der Waals surface area contributed by atoms with E-state index in [2.05, 4.69) is 53.1 Å². The Morgan fingerprint density at radius 3 is 3.00 bits per heavy atom. The Hall–Kier alpha value is -1.25. The quantitative estimate of drug-likeness (QED) is 0.818. The summed E-state index contributed by atoms with van der Waals surface area (Å²) in [6, 6.07) is 0.